The predicted molar refractivity (Wildman–Crippen MR) is 43.5 cm³/mol. The molecule has 0 nitrogen and oxygen atoms in total. The van der Waals surface area contributed by atoms with Crippen LogP contribution in [0.2, 0.25) is 0 Å². The van der Waals surface area contributed by atoms with Gasteiger partial charge in [-0.1, -0.05) is 5.92 Å². The van der Waals surface area contributed by atoms with Crippen molar-refractivity contribution >= 4 is 15.9 Å². The molecule has 3 saturated carbocycles. The summed E-state index contributed by atoms with van der Waals surface area (Å²) < 4.78 is 0. The Morgan fingerprint density at radius 3 is 1.90 bits per heavy atom. The van der Waals surface area contributed by atoms with Crippen molar-refractivity contribution in [2.75, 3.05) is 0 Å². The molecule has 0 N–H and O–H groups in total. The van der Waals surface area contributed by atoms with Gasteiger partial charge in [0, 0.05) is 21.8 Å². The molecule has 3 aliphatic rings. The molecule has 0 aromatic heterocycles. The summed E-state index contributed by atoms with van der Waals surface area (Å²) >= 11 is 3.19. The molecule has 0 aromatic carbocycles. The van der Waals surface area contributed by atoms with Crippen molar-refractivity contribution in [3.63, 3.8) is 0 Å². The van der Waals surface area contributed by atoms with Crippen molar-refractivity contribution in [3.8, 4) is 10.8 Å². The summed E-state index contributed by atoms with van der Waals surface area (Å²) in [6, 6.07) is 0. The molecule has 0 aliphatic heterocycles. The van der Waals surface area contributed by atoms with E-state index in [1.807, 2.05) is 0 Å². The highest BCUT2D eigenvalue weighted by Crippen LogP contribution is 2.92. The quantitative estimate of drug-likeness (QED) is 0.523. The van der Waals surface area contributed by atoms with E-state index in [1.165, 1.54) is 25.7 Å². The minimum Gasteiger partial charge on any atom is -0.0861 e. The maximum atomic E-state index is 3.29. The lowest BCUT2D eigenvalue weighted by Crippen LogP contribution is -1.70. The minimum atomic E-state index is 0.772. The van der Waals surface area contributed by atoms with Crippen LogP contribution in [0.5, 0.6) is 0 Å². The van der Waals surface area contributed by atoms with Crippen LogP contribution in [-0.4, -0.2) is 0 Å². The molecule has 0 amide bonds. The van der Waals surface area contributed by atoms with Crippen LogP contribution in [0.15, 0.2) is 0 Å². The van der Waals surface area contributed by atoms with Gasteiger partial charge in [-0.2, -0.15) is 0 Å². The normalized spacial score (nSPS) is 40.7. The molecule has 2 spiro atoms. The Morgan fingerprint density at radius 2 is 1.60 bits per heavy atom. The highest BCUT2D eigenvalue weighted by molar-refractivity contribution is 9.12. The summed E-state index contributed by atoms with van der Waals surface area (Å²) in [5.74, 6) is 4.08. The van der Waals surface area contributed by atoms with Crippen LogP contribution in [0, 0.1) is 27.5 Å². The second kappa shape index (κ2) is 1.32. The van der Waals surface area contributed by atoms with Crippen LogP contribution in [0.25, 0.3) is 0 Å². The molecular weight excluding hydrogens is 188 g/mol. The monoisotopic (exact) mass is 196 g/mol. The SMILES string of the molecule is BrC#CC1C2(CC2)C12CC2. The fraction of sp³-hybridized carbons (Fsp3) is 0.778. The van der Waals surface area contributed by atoms with E-state index in [9.17, 15) is 0 Å². The van der Waals surface area contributed by atoms with E-state index in [1.54, 1.807) is 0 Å². The Labute approximate surface area is 69.5 Å². The molecule has 3 aliphatic carbocycles. The zero-order valence-corrected chi connectivity index (χ0v) is 7.37. The van der Waals surface area contributed by atoms with Gasteiger partial charge in [0.15, 0.2) is 0 Å². The van der Waals surface area contributed by atoms with Gasteiger partial charge in [0.25, 0.3) is 0 Å². The summed E-state index contributed by atoms with van der Waals surface area (Å²) in [7, 11) is 0. The third kappa shape index (κ3) is 0.388. The van der Waals surface area contributed by atoms with Crippen LogP contribution < -0.4 is 0 Å². The molecule has 3 rings (SSSR count). The van der Waals surface area contributed by atoms with E-state index in [0.717, 1.165) is 16.7 Å². The van der Waals surface area contributed by atoms with E-state index < -0.39 is 0 Å². The molecule has 1 heteroatoms. The molecule has 0 unspecified atom stereocenters. The van der Waals surface area contributed by atoms with Gasteiger partial charge in [-0.05, 0) is 41.3 Å². The first-order valence-corrected chi connectivity index (χ1v) is 4.76. The molecule has 0 bridgehead atoms. The van der Waals surface area contributed by atoms with Crippen LogP contribution in [-0.2, 0) is 0 Å². The summed E-state index contributed by atoms with van der Waals surface area (Å²) in [6.07, 6.45) is 5.89. The first kappa shape index (κ1) is 5.66. The van der Waals surface area contributed by atoms with Gasteiger partial charge >= 0.3 is 0 Å². The van der Waals surface area contributed by atoms with Gasteiger partial charge in [-0.25, -0.2) is 0 Å². The van der Waals surface area contributed by atoms with Gasteiger partial charge in [-0.15, -0.1) is 0 Å². The molecular formula is C9H9Br. The first-order chi connectivity index (χ1) is 4.86. The second-order valence-electron chi connectivity index (χ2n) is 3.98. The molecule has 0 radical (unpaired) electrons. The van der Waals surface area contributed by atoms with E-state index >= 15 is 0 Å². The largest absolute Gasteiger partial charge is 0.0861 e. The fourth-order valence-corrected chi connectivity index (χ4v) is 3.14. The fourth-order valence-electron chi connectivity index (χ4n) is 2.91. The van der Waals surface area contributed by atoms with Crippen molar-refractivity contribution in [3.05, 3.63) is 0 Å². The lowest BCUT2D eigenvalue weighted by Gasteiger charge is -1.75. The third-order valence-corrected chi connectivity index (χ3v) is 4.02. The molecule has 52 valence electrons. The molecule has 10 heavy (non-hydrogen) atoms. The maximum absolute atomic E-state index is 3.29. The number of halogens is 1. The van der Waals surface area contributed by atoms with Gasteiger partial charge in [-0.3, -0.25) is 0 Å². The van der Waals surface area contributed by atoms with E-state index in [4.69, 9.17) is 0 Å². The summed E-state index contributed by atoms with van der Waals surface area (Å²) in [5, 5.41) is 0. The zero-order chi connectivity index (χ0) is 6.82. The zero-order valence-electron chi connectivity index (χ0n) is 5.78. The summed E-state index contributed by atoms with van der Waals surface area (Å²) in [6.45, 7) is 0. The van der Waals surface area contributed by atoms with Crippen molar-refractivity contribution in [2.24, 2.45) is 16.7 Å². The van der Waals surface area contributed by atoms with Crippen molar-refractivity contribution in [1.82, 2.24) is 0 Å². The van der Waals surface area contributed by atoms with Crippen molar-refractivity contribution < 1.29 is 0 Å². The number of hydrogen-bond donors (Lipinski definition) is 0. The number of hydrogen-bond acceptors (Lipinski definition) is 0. The summed E-state index contributed by atoms with van der Waals surface area (Å²) in [4.78, 5) is 2.88. The molecule has 3 fully saturated rings. The topological polar surface area (TPSA) is 0 Å². The molecule has 0 heterocycles. The van der Waals surface area contributed by atoms with Gasteiger partial charge < -0.3 is 0 Å². The first-order valence-electron chi connectivity index (χ1n) is 3.97. The van der Waals surface area contributed by atoms with E-state index in [2.05, 4.69) is 26.7 Å². The van der Waals surface area contributed by atoms with Crippen molar-refractivity contribution in [2.45, 2.75) is 25.7 Å². The van der Waals surface area contributed by atoms with Crippen LogP contribution in [0.4, 0.5) is 0 Å². The number of rotatable bonds is 0. The van der Waals surface area contributed by atoms with Gasteiger partial charge in [0.2, 0.25) is 0 Å². The maximum Gasteiger partial charge on any atom is 0.0336 e. The molecule has 0 saturated heterocycles. The smallest absolute Gasteiger partial charge is 0.0336 e. The highest BCUT2D eigenvalue weighted by Gasteiger charge is 2.86. The molecule has 0 atom stereocenters. The van der Waals surface area contributed by atoms with Gasteiger partial charge in [0.1, 0.15) is 0 Å². The van der Waals surface area contributed by atoms with E-state index in [0.29, 0.717) is 0 Å². The Morgan fingerprint density at radius 1 is 1.10 bits per heavy atom. The average molecular weight is 197 g/mol. The Hall–Kier alpha value is 0.0400. The predicted octanol–water partition coefficient (Wildman–Crippen LogP) is 2.53. The lowest BCUT2D eigenvalue weighted by atomic mass is 10.3. The standard InChI is InChI=1S/C9H9Br/c10-6-1-7-8(2-3-8)9(7)4-5-9/h7H,2-5H2. The highest BCUT2D eigenvalue weighted by atomic mass is 79.9. The Bertz CT molecular complexity index is 230. The average Bonchev–Trinajstić information content (AvgIpc) is 2.78. The lowest BCUT2D eigenvalue weighted by molar-refractivity contribution is 0.716. The van der Waals surface area contributed by atoms with Gasteiger partial charge in [0.05, 0.1) is 0 Å². The van der Waals surface area contributed by atoms with Crippen LogP contribution in [0.3, 0.4) is 0 Å². The third-order valence-electron chi connectivity index (χ3n) is 3.79. The Kier molecular flexibility index (Phi) is 0.747. The Balaban J connectivity index is 1.95. The van der Waals surface area contributed by atoms with Crippen LogP contribution in [0.1, 0.15) is 25.7 Å². The minimum absolute atomic E-state index is 0.772. The second-order valence-corrected chi connectivity index (χ2v) is 4.38. The van der Waals surface area contributed by atoms with Crippen molar-refractivity contribution in [1.29, 1.82) is 0 Å². The van der Waals surface area contributed by atoms with Crippen LogP contribution >= 0.6 is 15.9 Å². The van der Waals surface area contributed by atoms with E-state index in [-0.39, 0.29) is 0 Å². The summed E-state index contributed by atoms with van der Waals surface area (Å²) in [5.41, 5.74) is 1.54. The number of fused-ring (bicyclic) bond motifs is 1. The molecule has 0 aromatic rings.